The smallest absolute Gasteiger partial charge is 0.223 e. The van der Waals surface area contributed by atoms with Gasteiger partial charge in [0.15, 0.2) is 0 Å². The van der Waals surface area contributed by atoms with E-state index in [0.29, 0.717) is 11.5 Å². The molecule has 0 bridgehead atoms. The third-order valence-corrected chi connectivity index (χ3v) is 2.93. The van der Waals surface area contributed by atoms with E-state index in [9.17, 15) is 0 Å². The van der Waals surface area contributed by atoms with E-state index in [4.69, 9.17) is 4.74 Å². The van der Waals surface area contributed by atoms with Gasteiger partial charge in [-0.1, -0.05) is 12.1 Å². The highest BCUT2D eigenvalue weighted by Gasteiger charge is 2.09. The highest BCUT2D eigenvalue weighted by Crippen LogP contribution is 2.21. The number of ether oxygens (including phenoxy) is 1. The van der Waals surface area contributed by atoms with Crippen LogP contribution in [0.5, 0.6) is 5.75 Å². The molecule has 0 saturated carbocycles. The number of tetrazole rings is 1. The zero-order valence-electron chi connectivity index (χ0n) is 11.2. The quantitative estimate of drug-likeness (QED) is 0.726. The molecule has 20 heavy (non-hydrogen) atoms. The zero-order valence-corrected chi connectivity index (χ0v) is 11.2. The summed E-state index contributed by atoms with van der Waals surface area (Å²) in [7, 11) is 1.64. The Morgan fingerprint density at radius 2 is 2.05 bits per heavy atom. The maximum Gasteiger partial charge on any atom is 0.223 e. The summed E-state index contributed by atoms with van der Waals surface area (Å²) in [5, 5.41) is 12.4. The molecule has 0 unspecified atom stereocenters. The molecule has 0 N–H and O–H groups in total. The van der Waals surface area contributed by atoms with Crippen molar-refractivity contribution in [3.05, 3.63) is 48.2 Å². The third kappa shape index (κ3) is 2.23. The van der Waals surface area contributed by atoms with Crippen molar-refractivity contribution in [3.63, 3.8) is 0 Å². The Hall–Kier alpha value is -2.76. The maximum atomic E-state index is 5.30. The lowest BCUT2D eigenvalue weighted by Gasteiger charge is -2.05. The molecule has 0 spiro atoms. The second-order valence-electron chi connectivity index (χ2n) is 4.27. The first kappa shape index (κ1) is 12.3. The number of aryl methyl sites for hydroxylation is 1. The average molecular weight is 267 g/mol. The Morgan fingerprint density at radius 1 is 1.15 bits per heavy atom. The fourth-order valence-electron chi connectivity index (χ4n) is 1.85. The van der Waals surface area contributed by atoms with Gasteiger partial charge in [0, 0.05) is 12.3 Å². The lowest BCUT2D eigenvalue weighted by Crippen LogP contribution is -2.00. The van der Waals surface area contributed by atoms with Crippen LogP contribution in [0.2, 0.25) is 0 Å². The molecule has 0 saturated heterocycles. The molecular weight excluding hydrogens is 254 g/mol. The van der Waals surface area contributed by atoms with E-state index in [1.165, 1.54) is 4.80 Å². The fraction of sp³-hybridized carbons (Fsp3) is 0.143. The van der Waals surface area contributed by atoms with Gasteiger partial charge in [-0.2, -0.15) is 0 Å². The molecule has 6 heteroatoms. The summed E-state index contributed by atoms with van der Waals surface area (Å²) in [4.78, 5) is 5.67. The van der Waals surface area contributed by atoms with Crippen LogP contribution in [-0.2, 0) is 0 Å². The molecule has 2 heterocycles. The first-order valence-corrected chi connectivity index (χ1v) is 6.14. The lowest BCUT2D eigenvalue weighted by molar-refractivity contribution is 0.411. The maximum absolute atomic E-state index is 5.30. The largest absolute Gasteiger partial charge is 0.496 e. The molecule has 0 atom stereocenters. The van der Waals surface area contributed by atoms with Crippen LogP contribution in [0.15, 0.2) is 42.6 Å². The monoisotopic (exact) mass is 267 g/mol. The predicted octanol–water partition coefficient (Wildman–Crippen LogP) is 2.04. The van der Waals surface area contributed by atoms with Gasteiger partial charge in [-0.15, -0.1) is 15.0 Å². The van der Waals surface area contributed by atoms with Gasteiger partial charge in [-0.25, -0.2) is 0 Å². The summed E-state index contributed by atoms with van der Waals surface area (Å²) < 4.78 is 5.30. The number of hydrogen-bond acceptors (Lipinski definition) is 5. The van der Waals surface area contributed by atoms with Crippen molar-refractivity contribution in [2.45, 2.75) is 6.92 Å². The molecule has 2 aromatic heterocycles. The summed E-state index contributed by atoms with van der Waals surface area (Å²) in [5.41, 5.74) is 2.54. The van der Waals surface area contributed by atoms with Crippen molar-refractivity contribution in [1.29, 1.82) is 0 Å². The molecule has 0 aliphatic rings. The number of rotatable bonds is 3. The highest BCUT2D eigenvalue weighted by atomic mass is 16.5. The van der Waals surface area contributed by atoms with E-state index < -0.39 is 0 Å². The van der Waals surface area contributed by atoms with E-state index in [-0.39, 0.29) is 0 Å². The van der Waals surface area contributed by atoms with Crippen LogP contribution in [0.4, 0.5) is 0 Å². The Kier molecular flexibility index (Phi) is 3.12. The van der Waals surface area contributed by atoms with Crippen molar-refractivity contribution in [1.82, 2.24) is 25.2 Å². The van der Waals surface area contributed by atoms with Gasteiger partial charge in [0.2, 0.25) is 5.82 Å². The first-order valence-electron chi connectivity index (χ1n) is 6.14. The second-order valence-corrected chi connectivity index (χ2v) is 4.27. The van der Waals surface area contributed by atoms with E-state index in [1.807, 2.05) is 43.3 Å². The summed E-state index contributed by atoms with van der Waals surface area (Å²) in [6.45, 7) is 1.98. The van der Waals surface area contributed by atoms with Gasteiger partial charge < -0.3 is 4.74 Å². The molecule has 0 aliphatic heterocycles. The van der Waals surface area contributed by atoms with Crippen molar-refractivity contribution < 1.29 is 4.74 Å². The Balaban J connectivity index is 1.98. The van der Waals surface area contributed by atoms with Crippen molar-refractivity contribution >= 4 is 0 Å². The molecule has 3 aromatic rings. The van der Waals surface area contributed by atoms with E-state index >= 15 is 0 Å². The van der Waals surface area contributed by atoms with E-state index in [1.54, 1.807) is 13.3 Å². The van der Waals surface area contributed by atoms with E-state index in [2.05, 4.69) is 20.4 Å². The molecule has 100 valence electrons. The minimum atomic E-state index is 0.491. The van der Waals surface area contributed by atoms with Crippen LogP contribution in [0.3, 0.4) is 0 Å². The lowest BCUT2D eigenvalue weighted by atomic mass is 10.2. The second kappa shape index (κ2) is 5.08. The van der Waals surface area contributed by atoms with Crippen LogP contribution >= 0.6 is 0 Å². The van der Waals surface area contributed by atoms with Crippen molar-refractivity contribution in [2.24, 2.45) is 0 Å². The Bertz CT molecular complexity index is 723. The fourth-order valence-corrected chi connectivity index (χ4v) is 1.85. The van der Waals surface area contributed by atoms with Crippen LogP contribution in [0.1, 0.15) is 5.56 Å². The molecule has 0 aliphatic carbocycles. The normalized spacial score (nSPS) is 10.5. The summed E-state index contributed by atoms with van der Waals surface area (Å²) in [5.74, 6) is 1.28. The Morgan fingerprint density at radius 3 is 2.80 bits per heavy atom. The standard InChI is InChI=1S/C14H13N5O/c1-10-6-7-11(9-13(10)20-2)19-17-14(16-18-19)12-5-3-4-8-15-12/h3-9H,1-2H3. The van der Waals surface area contributed by atoms with Gasteiger partial charge in [0.25, 0.3) is 0 Å². The van der Waals surface area contributed by atoms with Gasteiger partial charge >= 0.3 is 0 Å². The average Bonchev–Trinajstić information content (AvgIpc) is 2.98. The van der Waals surface area contributed by atoms with E-state index in [0.717, 1.165) is 17.0 Å². The predicted molar refractivity (Wildman–Crippen MR) is 73.7 cm³/mol. The topological polar surface area (TPSA) is 65.7 Å². The number of hydrogen-bond donors (Lipinski definition) is 0. The number of methoxy groups -OCH3 is 1. The molecule has 3 rings (SSSR count). The minimum absolute atomic E-state index is 0.491. The molecule has 6 nitrogen and oxygen atoms in total. The first-order chi connectivity index (χ1) is 9.78. The van der Waals surface area contributed by atoms with Crippen molar-refractivity contribution in [3.8, 4) is 23.0 Å². The molecule has 0 fully saturated rings. The molecule has 1 aromatic carbocycles. The van der Waals surface area contributed by atoms with Crippen LogP contribution in [0.25, 0.3) is 17.2 Å². The number of aromatic nitrogens is 5. The minimum Gasteiger partial charge on any atom is -0.496 e. The Labute approximate surface area is 116 Å². The summed E-state index contributed by atoms with van der Waals surface area (Å²) in [6.07, 6.45) is 1.70. The molecule has 0 radical (unpaired) electrons. The zero-order chi connectivity index (χ0) is 13.9. The van der Waals surface area contributed by atoms with Gasteiger partial charge in [0.05, 0.1) is 12.8 Å². The molecular formula is C14H13N5O. The summed E-state index contributed by atoms with van der Waals surface area (Å²) in [6, 6.07) is 11.3. The SMILES string of the molecule is COc1cc(-n2nnc(-c3ccccn3)n2)ccc1C. The van der Waals surface area contributed by atoms with Crippen LogP contribution < -0.4 is 4.74 Å². The van der Waals surface area contributed by atoms with Gasteiger partial charge in [-0.3, -0.25) is 4.98 Å². The van der Waals surface area contributed by atoms with Crippen molar-refractivity contribution in [2.75, 3.05) is 7.11 Å². The summed E-state index contributed by atoms with van der Waals surface area (Å²) >= 11 is 0. The van der Waals surface area contributed by atoms with Crippen LogP contribution in [0, 0.1) is 6.92 Å². The van der Waals surface area contributed by atoms with Gasteiger partial charge in [0.1, 0.15) is 11.4 Å². The highest BCUT2D eigenvalue weighted by molar-refractivity contribution is 5.48. The number of nitrogens with zero attached hydrogens (tertiary/aromatic N) is 5. The molecule has 0 amide bonds. The number of benzene rings is 1. The van der Waals surface area contributed by atoms with Crippen LogP contribution in [-0.4, -0.2) is 32.3 Å². The number of pyridine rings is 1. The third-order valence-electron chi connectivity index (χ3n) is 2.93. The van der Waals surface area contributed by atoms with Gasteiger partial charge in [-0.05, 0) is 35.9 Å².